The van der Waals surface area contributed by atoms with E-state index in [1.807, 2.05) is 0 Å². The van der Waals surface area contributed by atoms with E-state index in [-0.39, 0.29) is 12.2 Å². The van der Waals surface area contributed by atoms with Gasteiger partial charge in [-0.2, -0.15) is 26.3 Å². The van der Waals surface area contributed by atoms with Crippen LogP contribution in [-0.4, -0.2) is 5.84 Å². The molecule has 0 saturated heterocycles. The maximum absolute atomic E-state index is 13.1. The molecule has 0 spiro atoms. The van der Waals surface area contributed by atoms with Crippen LogP contribution in [0.1, 0.15) is 22.5 Å². The summed E-state index contributed by atoms with van der Waals surface area (Å²) in [4.78, 5) is 0. The third-order valence-corrected chi connectivity index (χ3v) is 4.79. The molecule has 31 heavy (non-hydrogen) atoms. The molecule has 164 valence electrons. The van der Waals surface area contributed by atoms with Crippen LogP contribution in [0.15, 0.2) is 45.9 Å². The van der Waals surface area contributed by atoms with Gasteiger partial charge in [-0.3, -0.25) is 5.43 Å². The summed E-state index contributed by atoms with van der Waals surface area (Å²) in [6.07, 6.45) is -10.3. The highest BCUT2D eigenvalue weighted by Gasteiger charge is 2.43. The Morgan fingerprint density at radius 1 is 0.968 bits per heavy atom. The van der Waals surface area contributed by atoms with Gasteiger partial charge in [-0.25, -0.2) is 5.53 Å². The summed E-state index contributed by atoms with van der Waals surface area (Å²) in [7, 11) is 0. The van der Waals surface area contributed by atoms with Gasteiger partial charge in [0.25, 0.3) is 0 Å². The summed E-state index contributed by atoms with van der Waals surface area (Å²) in [6.45, 7) is -0.0459. The van der Waals surface area contributed by atoms with Gasteiger partial charge in [-0.15, -0.1) is 10.6 Å². The van der Waals surface area contributed by atoms with Crippen molar-refractivity contribution in [3.63, 3.8) is 0 Å². The number of hydrazine groups is 2. The van der Waals surface area contributed by atoms with Gasteiger partial charge in [0.05, 0.1) is 11.1 Å². The first-order valence-corrected chi connectivity index (χ1v) is 8.98. The van der Waals surface area contributed by atoms with E-state index in [0.29, 0.717) is 45.3 Å². The van der Waals surface area contributed by atoms with Gasteiger partial charge in [0, 0.05) is 22.6 Å². The minimum absolute atomic E-state index is 0.0459. The molecule has 3 aromatic rings. The number of alkyl halides is 6. The molecule has 1 aliphatic rings. The van der Waals surface area contributed by atoms with Crippen molar-refractivity contribution in [3.05, 3.63) is 63.9 Å². The highest BCUT2D eigenvalue weighted by Crippen LogP contribution is 2.41. The minimum Gasteiger partial charge on any atom is -0.453 e. The number of hydrazone groups is 1. The molecule has 0 fully saturated rings. The van der Waals surface area contributed by atoms with Crippen LogP contribution in [0, 0.1) is 0 Å². The maximum Gasteiger partial charge on any atom is 0.417 e. The molecule has 1 aromatic heterocycles. The van der Waals surface area contributed by atoms with Crippen molar-refractivity contribution in [2.45, 2.75) is 18.9 Å². The van der Waals surface area contributed by atoms with Crippen molar-refractivity contribution in [1.82, 2.24) is 16.5 Å². The molecular formula is C18H12ClF6N5O. The second kappa shape index (κ2) is 7.54. The standard InChI is InChI=1S/C18H12ClF6N5O/c19-13-3-8-4-15(16-27-29-30-28-16)31-14(8)5-9(13)7-26-10-1-2-11(17(20,21)22)12(6-10)18(23,24)25/h1-6,26,29-30H,7H2,(H,27,28). The van der Waals surface area contributed by atoms with Crippen LogP contribution in [-0.2, 0) is 18.9 Å². The van der Waals surface area contributed by atoms with E-state index in [4.69, 9.17) is 16.0 Å². The molecule has 4 rings (SSSR count). The van der Waals surface area contributed by atoms with Crippen LogP contribution in [0.3, 0.4) is 0 Å². The van der Waals surface area contributed by atoms with E-state index in [2.05, 4.69) is 26.9 Å². The lowest BCUT2D eigenvalue weighted by atomic mass is 10.1. The normalized spacial score (nSPS) is 14.4. The number of hydrogen-bond donors (Lipinski definition) is 4. The third kappa shape index (κ3) is 4.35. The monoisotopic (exact) mass is 463 g/mol. The van der Waals surface area contributed by atoms with Crippen molar-refractivity contribution in [3.8, 4) is 0 Å². The number of furan rings is 1. The smallest absolute Gasteiger partial charge is 0.417 e. The van der Waals surface area contributed by atoms with Crippen LogP contribution in [0.2, 0.25) is 5.02 Å². The fourth-order valence-electron chi connectivity index (χ4n) is 3.00. The maximum atomic E-state index is 13.1. The van der Waals surface area contributed by atoms with Crippen molar-refractivity contribution in [2.75, 3.05) is 5.32 Å². The highest BCUT2D eigenvalue weighted by atomic mass is 35.5. The topological polar surface area (TPSA) is 73.6 Å². The summed E-state index contributed by atoms with van der Waals surface area (Å²) in [5.41, 5.74) is 5.01. The fraction of sp³-hybridized carbons (Fsp3) is 0.167. The van der Waals surface area contributed by atoms with Crippen molar-refractivity contribution in [1.29, 1.82) is 0 Å². The molecule has 1 aliphatic heterocycles. The Labute approximate surface area is 175 Å². The van der Waals surface area contributed by atoms with E-state index >= 15 is 0 Å². The second-order valence-electron chi connectivity index (χ2n) is 6.52. The van der Waals surface area contributed by atoms with Crippen molar-refractivity contribution >= 4 is 34.1 Å². The van der Waals surface area contributed by atoms with Crippen molar-refractivity contribution in [2.24, 2.45) is 5.10 Å². The Kier molecular flexibility index (Phi) is 5.13. The molecule has 0 saturated carbocycles. The zero-order chi connectivity index (χ0) is 22.4. The van der Waals surface area contributed by atoms with E-state index in [1.165, 1.54) is 0 Å². The van der Waals surface area contributed by atoms with Gasteiger partial charge < -0.3 is 9.73 Å². The number of fused-ring (bicyclic) bond motifs is 1. The third-order valence-electron chi connectivity index (χ3n) is 4.44. The first kappa shape index (κ1) is 21.1. The molecule has 0 unspecified atom stereocenters. The largest absolute Gasteiger partial charge is 0.453 e. The molecule has 13 heteroatoms. The molecule has 6 nitrogen and oxygen atoms in total. The number of nitrogens with zero attached hydrogens (tertiary/aromatic N) is 1. The van der Waals surface area contributed by atoms with Gasteiger partial charge in [-0.05, 0) is 42.0 Å². The lowest BCUT2D eigenvalue weighted by Gasteiger charge is -2.17. The van der Waals surface area contributed by atoms with Crippen LogP contribution >= 0.6 is 11.6 Å². The van der Waals surface area contributed by atoms with Crippen LogP contribution in [0.25, 0.3) is 11.0 Å². The number of benzene rings is 2. The molecule has 0 aliphatic carbocycles. The lowest BCUT2D eigenvalue weighted by molar-refractivity contribution is -0.162. The molecule has 0 atom stereocenters. The van der Waals surface area contributed by atoms with Gasteiger partial charge >= 0.3 is 12.4 Å². The molecule has 2 heterocycles. The van der Waals surface area contributed by atoms with Gasteiger partial charge in [0.2, 0.25) is 5.84 Å². The summed E-state index contributed by atoms with van der Waals surface area (Å²) in [5.74, 6) is 0.808. The van der Waals surface area contributed by atoms with E-state index < -0.39 is 23.5 Å². The van der Waals surface area contributed by atoms with E-state index in [9.17, 15) is 26.3 Å². The fourth-order valence-corrected chi connectivity index (χ4v) is 3.24. The Morgan fingerprint density at radius 3 is 2.35 bits per heavy atom. The average molecular weight is 464 g/mol. The number of anilines is 1. The predicted molar refractivity (Wildman–Crippen MR) is 101 cm³/mol. The Bertz CT molecular complexity index is 1170. The number of nitrogens with one attached hydrogen (secondary N) is 4. The van der Waals surface area contributed by atoms with Crippen LogP contribution in [0.5, 0.6) is 0 Å². The number of amidine groups is 1. The quantitative estimate of drug-likeness (QED) is 0.409. The summed E-state index contributed by atoms with van der Waals surface area (Å²) < 4.78 is 83.7. The first-order valence-electron chi connectivity index (χ1n) is 8.61. The molecular weight excluding hydrogens is 452 g/mol. The first-order chi connectivity index (χ1) is 14.5. The molecule has 0 amide bonds. The van der Waals surface area contributed by atoms with Gasteiger partial charge in [0.1, 0.15) is 5.58 Å². The molecule has 0 radical (unpaired) electrons. The van der Waals surface area contributed by atoms with Gasteiger partial charge in [0.15, 0.2) is 5.76 Å². The van der Waals surface area contributed by atoms with Crippen LogP contribution < -0.4 is 21.8 Å². The Morgan fingerprint density at radius 2 is 1.71 bits per heavy atom. The summed E-state index contributed by atoms with van der Waals surface area (Å²) in [5, 5.41) is 7.54. The zero-order valence-corrected chi connectivity index (χ0v) is 15.9. The Balaban J connectivity index is 1.59. The number of hydrogen-bond acceptors (Lipinski definition) is 6. The number of rotatable bonds is 4. The Hall–Kier alpha value is -3.12. The van der Waals surface area contributed by atoms with Crippen LogP contribution in [0.4, 0.5) is 32.0 Å². The summed E-state index contributed by atoms with van der Waals surface area (Å²) >= 11 is 6.25. The van der Waals surface area contributed by atoms with Gasteiger partial charge in [-0.1, -0.05) is 11.6 Å². The second-order valence-corrected chi connectivity index (χ2v) is 6.93. The molecule has 4 N–H and O–H groups in total. The average Bonchev–Trinajstić information content (AvgIpc) is 3.33. The predicted octanol–water partition coefficient (Wildman–Crippen LogP) is 5.01. The van der Waals surface area contributed by atoms with E-state index in [1.54, 1.807) is 18.2 Å². The van der Waals surface area contributed by atoms with E-state index in [0.717, 1.165) is 6.07 Å². The van der Waals surface area contributed by atoms with Crippen molar-refractivity contribution < 1.29 is 30.8 Å². The SMILES string of the molecule is FC(F)(F)c1ccc(NCc2cc3oc(C4=NNNN4)cc3cc2Cl)cc1C(F)(F)F. The molecule has 2 aromatic carbocycles. The lowest BCUT2D eigenvalue weighted by Crippen LogP contribution is -2.35. The minimum atomic E-state index is -5.16. The zero-order valence-electron chi connectivity index (χ0n) is 15.2. The highest BCUT2D eigenvalue weighted by molar-refractivity contribution is 6.32. The number of halogens is 7. The summed E-state index contributed by atoms with van der Waals surface area (Å²) in [6, 6.07) is 6.62. The molecule has 0 bridgehead atoms.